The Labute approximate surface area is 142 Å². The van der Waals surface area contributed by atoms with E-state index in [2.05, 4.69) is 5.10 Å². The lowest BCUT2D eigenvalue weighted by Crippen LogP contribution is -2.46. The minimum absolute atomic E-state index is 0.00957. The van der Waals surface area contributed by atoms with Crippen molar-refractivity contribution in [2.75, 3.05) is 13.2 Å². The summed E-state index contributed by atoms with van der Waals surface area (Å²) in [6.07, 6.45) is 4.62. The third kappa shape index (κ3) is 3.53. The summed E-state index contributed by atoms with van der Waals surface area (Å²) in [6.45, 7) is 2.83. The van der Waals surface area contributed by atoms with E-state index >= 15 is 0 Å². The molecule has 24 heavy (non-hydrogen) atoms. The first-order valence-electron chi connectivity index (χ1n) is 8.20. The summed E-state index contributed by atoms with van der Waals surface area (Å²) in [6, 6.07) is 9.73. The van der Waals surface area contributed by atoms with Gasteiger partial charge in [0.25, 0.3) is 0 Å². The molecule has 7 heteroatoms. The first kappa shape index (κ1) is 17.1. The number of aliphatic hydroxyl groups excluding tert-OH is 1. The van der Waals surface area contributed by atoms with Crippen LogP contribution >= 0.6 is 0 Å². The van der Waals surface area contributed by atoms with Crippen LogP contribution in [0.15, 0.2) is 47.6 Å². The van der Waals surface area contributed by atoms with Gasteiger partial charge in [-0.15, -0.1) is 0 Å². The van der Waals surface area contributed by atoms with Gasteiger partial charge in [0.15, 0.2) is 0 Å². The van der Waals surface area contributed by atoms with Crippen LogP contribution in [0.4, 0.5) is 0 Å². The zero-order valence-electron chi connectivity index (χ0n) is 13.7. The fourth-order valence-corrected chi connectivity index (χ4v) is 4.79. The Morgan fingerprint density at radius 1 is 1.25 bits per heavy atom. The van der Waals surface area contributed by atoms with Crippen LogP contribution in [0.5, 0.6) is 0 Å². The first-order chi connectivity index (χ1) is 11.5. The minimum Gasteiger partial charge on any atom is -0.396 e. The van der Waals surface area contributed by atoms with Crippen LogP contribution in [0, 0.1) is 5.92 Å². The second-order valence-electron chi connectivity index (χ2n) is 6.41. The Morgan fingerprint density at radius 2 is 2.00 bits per heavy atom. The maximum atomic E-state index is 12.9. The van der Waals surface area contributed by atoms with Gasteiger partial charge in [-0.2, -0.15) is 9.40 Å². The van der Waals surface area contributed by atoms with Gasteiger partial charge < -0.3 is 5.11 Å². The van der Waals surface area contributed by atoms with Crippen LogP contribution in [-0.4, -0.2) is 46.8 Å². The number of aromatic nitrogens is 2. The Morgan fingerprint density at radius 3 is 2.71 bits per heavy atom. The van der Waals surface area contributed by atoms with E-state index < -0.39 is 10.0 Å². The fourth-order valence-electron chi connectivity index (χ4n) is 3.10. The van der Waals surface area contributed by atoms with Crippen molar-refractivity contribution in [3.63, 3.8) is 0 Å². The minimum atomic E-state index is -3.59. The highest BCUT2D eigenvalue weighted by molar-refractivity contribution is 7.89. The third-order valence-corrected chi connectivity index (χ3v) is 6.52. The van der Waals surface area contributed by atoms with E-state index in [0.29, 0.717) is 13.1 Å². The Balaban J connectivity index is 1.80. The molecule has 6 nitrogen and oxygen atoms in total. The molecule has 2 unspecified atom stereocenters. The van der Waals surface area contributed by atoms with Crippen molar-refractivity contribution in [2.45, 2.75) is 37.2 Å². The van der Waals surface area contributed by atoms with Crippen molar-refractivity contribution >= 4 is 10.0 Å². The van der Waals surface area contributed by atoms with Crippen molar-refractivity contribution in [2.24, 2.45) is 5.92 Å². The van der Waals surface area contributed by atoms with Gasteiger partial charge in [0, 0.05) is 25.4 Å². The number of aliphatic hydroxyl groups is 1. The van der Waals surface area contributed by atoms with Gasteiger partial charge in [0.1, 0.15) is 4.90 Å². The molecule has 1 fully saturated rings. The maximum Gasteiger partial charge on any atom is 0.246 e. The predicted octanol–water partition coefficient (Wildman–Crippen LogP) is 1.71. The Kier molecular flexibility index (Phi) is 5.03. The monoisotopic (exact) mass is 349 g/mol. The number of hydrogen-bond donors (Lipinski definition) is 1. The van der Waals surface area contributed by atoms with E-state index in [1.807, 2.05) is 37.3 Å². The molecule has 2 aromatic rings. The van der Waals surface area contributed by atoms with E-state index in [1.54, 1.807) is 10.9 Å². The number of benzene rings is 1. The summed E-state index contributed by atoms with van der Waals surface area (Å²) in [4.78, 5) is 0.212. The number of piperidine rings is 1. The molecular formula is C17H23N3O3S. The van der Waals surface area contributed by atoms with Crippen molar-refractivity contribution in [3.8, 4) is 0 Å². The molecule has 0 radical (unpaired) electrons. The molecule has 0 aliphatic carbocycles. The highest BCUT2D eigenvalue weighted by atomic mass is 32.2. The molecular weight excluding hydrogens is 326 g/mol. The molecule has 0 spiro atoms. The van der Waals surface area contributed by atoms with Crippen LogP contribution in [0.3, 0.4) is 0 Å². The molecule has 2 atom stereocenters. The van der Waals surface area contributed by atoms with Gasteiger partial charge in [0.05, 0.1) is 12.7 Å². The molecule has 2 heterocycles. The summed E-state index contributed by atoms with van der Waals surface area (Å²) >= 11 is 0. The van der Waals surface area contributed by atoms with Gasteiger partial charge in [-0.1, -0.05) is 30.3 Å². The van der Waals surface area contributed by atoms with Crippen LogP contribution in [0.2, 0.25) is 0 Å². The summed E-state index contributed by atoms with van der Waals surface area (Å²) in [5.74, 6) is 0.00957. The molecule has 0 saturated carbocycles. The van der Waals surface area contributed by atoms with E-state index in [-0.39, 0.29) is 23.5 Å². The van der Waals surface area contributed by atoms with Gasteiger partial charge in [-0.3, -0.25) is 4.68 Å². The standard InChI is InChI=1S/C17H23N3O3S/c1-14-7-8-16(13-21)11-20(14)24(22,23)17-9-18-19(12-17)10-15-5-3-2-4-6-15/h2-6,9,12,14,16,21H,7-8,10-11,13H2,1H3. The largest absolute Gasteiger partial charge is 0.396 e. The average molecular weight is 349 g/mol. The van der Waals surface area contributed by atoms with Crippen molar-refractivity contribution in [1.29, 1.82) is 0 Å². The van der Waals surface area contributed by atoms with Crippen molar-refractivity contribution < 1.29 is 13.5 Å². The van der Waals surface area contributed by atoms with E-state index in [4.69, 9.17) is 0 Å². The second kappa shape index (κ2) is 7.04. The van der Waals surface area contributed by atoms with Crippen LogP contribution in [0.25, 0.3) is 0 Å². The number of sulfonamides is 1. The van der Waals surface area contributed by atoms with Gasteiger partial charge in [0.2, 0.25) is 10.0 Å². The SMILES string of the molecule is CC1CCC(CO)CN1S(=O)(=O)c1cnn(Cc2ccccc2)c1. The van der Waals surface area contributed by atoms with Gasteiger partial charge >= 0.3 is 0 Å². The molecule has 0 bridgehead atoms. The lowest BCUT2D eigenvalue weighted by Gasteiger charge is -2.35. The molecule has 3 rings (SSSR count). The highest BCUT2D eigenvalue weighted by Crippen LogP contribution is 2.27. The molecule has 1 aromatic carbocycles. The summed E-state index contributed by atoms with van der Waals surface area (Å²) < 4.78 is 29.0. The van der Waals surface area contributed by atoms with E-state index in [9.17, 15) is 13.5 Å². The number of hydrogen-bond acceptors (Lipinski definition) is 4. The maximum absolute atomic E-state index is 12.9. The lowest BCUT2D eigenvalue weighted by atomic mass is 9.96. The molecule has 1 saturated heterocycles. The normalized spacial score (nSPS) is 22.6. The third-order valence-electron chi connectivity index (χ3n) is 4.58. The molecule has 1 aliphatic rings. The summed E-state index contributed by atoms with van der Waals surface area (Å²) in [5, 5.41) is 13.6. The molecule has 130 valence electrons. The molecule has 1 N–H and O–H groups in total. The average Bonchev–Trinajstić information content (AvgIpc) is 3.05. The zero-order valence-corrected chi connectivity index (χ0v) is 14.6. The van der Waals surface area contributed by atoms with Crippen LogP contribution < -0.4 is 0 Å². The smallest absolute Gasteiger partial charge is 0.246 e. The van der Waals surface area contributed by atoms with Crippen LogP contribution in [0.1, 0.15) is 25.3 Å². The molecule has 1 aromatic heterocycles. The van der Waals surface area contributed by atoms with Gasteiger partial charge in [-0.25, -0.2) is 8.42 Å². The van der Waals surface area contributed by atoms with Crippen molar-refractivity contribution in [3.05, 3.63) is 48.3 Å². The Bertz CT molecular complexity index is 773. The topological polar surface area (TPSA) is 75.4 Å². The first-order valence-corrected chi connectivity index (χ1v) is 9.64. The highest BCUT2D eigenvalue weighted by Gasteiger charge is 2.35. The number of rotatable bonds is 5. The van der Waals surface area contributed by atoms with Crippen LogP contribution in [-0.2, 0) is 16.6 Å². The van der Waals surface area contributed by atoms with Gasteiger partial charge in [-0.05, 0) is 31.2 Å². The molecule has 0 amide bonds. The second-order valence-corrected chi connectivity index (χ2v) is 8.30. The summed E-state index contributed by atoms with van der Waals surface area (Å²) in [7, 11) is -3.59. The summed E-state index contributed by atoms with van der Waals surface area (Å²) in [5.41, 5.74) is 1.07. The van der Waals surface area contributed by atoms with E-state index in [0.717, 1.165) is 18.4 Å². The van der Waals surface area contributed by atoms with E-state index in [1.165, 1.54) is 10.5 Å². The zero-order chi connectivity index (χ0) is 17.2. The quantitative estimate of drug-likeness (QED) is 0.892. The van der Waals surface area contributed by atoms with Crippen molar-refractivity contribution in [1.82, 2.24) is 14.1 Å². The number of nitrogens with zero attached hydrogens (tertiary/aromatic N) is 3. The fraction of sp³-hybridized carbons (Fsp3) is 0.471. The Hall–Kier alpha value is -1.70. The lowest BCUT2D eigenvalue weighted by molar-refractivity contribution is 0.139. The molecule has 1 aliphatic heterocycles. The predicted molar refractivity (Wildman–Crippen MR) is 90.9 cm³/mol.